The fourth-order valence-electron chi connectivity index (χ4n) is 3.70. The third-order valence-electron chi connectivity index (χ3n) is 5.21. The molecule has 4 heteroatoms. The Morgan fingerprint density at radius 3 is 2.71 bits per heavy atom. The number of nitrogens with one attached hydrogen (secondary N) is 1. The van der Waals surface area contributed by atoms with Crippen LogP contribution in [0.2, 0.25) is 0 Å². The quantitative estimate of drug-likeness (QED) is 0.666. The first-order valence-electron chi connectivity index (χ1n) is 9.39. The molecule has 1 N–H and O–H groups in total. The molecule has 4 rings (SSSR count). The van der Waals surface area contributed by atoms with Crippen molar-refractivity contribution in [1.82, 2.24) is 10.3 Å². The van der Waals surface area contributed by atoms with Crippen LogP contribution in [0.25, 0.3) is 16.7 Å². The number of benzene rings is 2. The number of allylic oxidation sites excluding steroid dienone is 1. The predicted octanol–water partition coefficient (Wildman–Crippen LogP) is 4.58. The highest BCUT2D eigenvalue weighted by Crippen LogP contribution is 2.32. The molecule has 140 valence electrons. The van der Waals surface area contributed by atoms with Gasteiger partial charge >= 0.3 is 0 Å². The van der Waals surface area contributed by atoms with Crippen molar-refractivity contribution in [1.29, 1.82) is 0 Å². The van der Waals surface area contributed by atoms with Crippen molar-refractivity contribution in [2.45, 2.75) is 19.8 Å². The first-order valence-corrected chi connectivity index (χ1v) is 9.39. The van der Waals surface area contributed by atoms with Crippen molar-refractivity contribution >= 4 is 11.5 Å². The van der Waals surface area contributed by atoms with Gasteiger partial charge in [-0.1, -0.05) is 48.5 Å². The molecule has 1 heterocycles. The summed E-state index contributed by atoms with van der Waals surface area (Å²) >= 11 is 0. The van der Waals surface area contributed by atoms with Gasteiger partial charge in [-0.2, -0.15) is 4.39 Å². The number of rotatable bonds is 5. The van der Waals surface area contributed by atoms with Gasteiger partial charge in [-0.25, -0.2) is 4.98 Å². The molecule has 0 saturated heterocycles. The van der Waals surface area contributed by atoms with Gasteiger partial charge in [0.2, 0.25) is 11.9 Å². The molecule has 0 spiro atoms. The van der Waals surface area contributed by atoms with E-state index >= 15 is 0 Å². The zero-order chi connectivity index (χ0) is 19.5. The fourth-order valence-corrected chi connectivity index (χ4v) is 3.70. The second-order valence-corrected chi connectivity index (χ2v) is 6.99. The molecule has 28 heavy (non-hydrogen) atoms. The van der Waals surface area contributed by atoms with Gasteiger partial charge in [0.25, 0.3) is 0 Å². The Bertz CT molecular complexity index is 1070. The maximum atomic E-state index is 13.9. The number of carbonyl (C=O) groups is 1. The van der Waals surface area contributed by atoms with Crippen LogP contribution in [0.5, 0.6) is 0 Å². The van der Waals surface area contributed by atoms with Gasteiger partial charge < -0.3 is 5.32 Å². The Balaban J connectivity index is 1.40. The lowest BCUT2D eigenvalue weighted by atomic mass is 10.0. The molecule has 0 aliphatic heterocycles. The van der Waals surface area contributed by atoms with Crippen LogP contribution in [0.15, 0.2) is 72.4 Å². The fraction of sp³-hybridized carbons (Fsp3) is 0.167. The molecule has 1 aliphatic rings. The van der Waals surface area contributed by atoms with E-state index in [0.29, 0.717) is 24.9 Å². The molecular weight excluding hydrogens is 351 g/mol. The third kappa shape index (κ3) is 3.58. The van der Waals surface area contributed by atoms with Gasteiger partial charge in [0.15, 0.2) is 0 Å². The second-order valence-electron chi connectivity index (χ2n) is 6.99. The van der Waals surface area contributed by atoms with Gasteiger partial charge in [-0.15, -0.1) is 0 Å². The smallest absolute Gasteiger partial charge is 0.247 e. The molecule has 1 aromatic heterocycles. The van der Waals surface area contributed by atoms with Gasteiger partial charge in [0.05, 0.1) is 0 Å². The lowest BCUT2D eigenvalue weighted by Gasteiger charge is -2.09. The maximum Gasteiger partial charge on any atom is 0.247 e. The summed E-state index contributed by atoms with van der Waals surface area (Å²) in [5.41, 5.74) is 6.59. The molecule has 0 radical (unpaired) electrons. The van der Waals surface area contributed by atoms with Crippen molar-refractivity contribution in [3.8, 4) is 11.1 Å². The van der Waals surface area contributed by atoms with E-state index in [1.807, 2.05) is 43.3 Å². The Kier molecular flexibility index (Phi) is 5.02. The lowest BCUT2D eigenvalue weighted by Crippen LogP contribution is -2.27. The molecule has 1 amide bonds. The number of halogens is 1. The Morgan fingerprint density at radius 2 is 1.89 bits per heavy atom. The van der Waals surface area contributed by atoms with Gasteiger partial charge in [-0.3, -0.25) is 4.79 Å². The van der Waals surface area contributed by atoms with E-state index < -0.39 is 5.95 Å². The summed E-state index contributed by atoms with van der Waals surface area (Å²) in [5.74, 6) is -0.487. The number of carbonyl (C=O) groups excluding carboxylic acids is 1. The molecule has 3 nitrogen and oxygen atoms in total. The summed E-state index contributed by atoms with van der Waals surface area (Å²) in [6.45, 7) is 2.54. The molecular formula is C24H21FN2O. The topological polar surface area (TPSA) is 42.0 Å². The number of nitrogens with zero attached hydrogens (tertiary/aromatic N) is 1. The van der Waals surface area contributed by atoms with Crippen molar-refractivity contribution in [3.05, 3.63) is 95.1 Å². The Morgan fingerprint density at radius 1 is 1.07 bits per heavy atom. The lowest BCUT2D eigenvalue weighted by molar-refractivity contribution is -0.117. The number of hydrogen-bond acceptors (Lipinski definition) is 2. The SMILES string of the molecule is CC1=C(C(=O)NCCc2cccc(-c3cccnc3F)c2)Cc2ccccc21. The van der Waals surface area contributed by atoms with Crippen LogP contribution < -0.4 is 5.32 Å². The first-order chi connectivity index (χ1) is 13.6. The minimum Gasteiger partial charge on any atom is -0.352 e. The zero-order valence-corrected chi connectivity index (χ0v) is 15.7. The number of fused-ring (bicyclic) bond motifs is 1. The van der Waals surface area contributed by atoms with Crippen LogP contribution in [0.4, 0.5) is 4.39 Å². The monoisotopic (exact) mass is 372 g/mol. The number of amides is 1. The molecule has 0 bridgehead atoms. The molecule has 0 saturated carbocycles. The standard InChI is InChI=1S/C24H21FN2O/c1-16-20-9-3-2-7-19(20)15-22(16)24(28)27-13-11-17-6-4-8-18(14-17)21-10-5-12-26-23(21)25/h2-10,12,14H,11,13,15H2,1H3,(H,27,28). The van der Waals surface area contributed by atoms with Crippen molar-refractivity contribution in [2.75, 3.05) is 6.54 Å². The summed E-state index contributed by atoms with van der Waals surface area (Å²) in [6.07, 6.45) is 2.81. The van der Waals surface area contributed by atoms with E-state index in [4.69, 9.17) is 0 Å². The summed E-state index contributed by atoms with van der Waals surface area (Å²) in [4.78, 5) is 16.3. The molecule has 3 aromatic rings. The highest BCUT2D eigenvalue weighted by Gasteiger charge is 2.22. The molecule has 2 aromatic carbocycles. The average molecular weight is 372 g/mol. The predicted molar refractivity (Wildman–Crippen MR) is 109 cm³/mol. The average Bonchev–Trinajstić information content (AvgIpc) is 3.05. The van der Waals surface area contributed by atoms with Crippen LogP contribution >= 0.6 is 0 Å². The highest BCUT2D eigenvalue weighted by atomic mass is 19.1. The van der Waals surface area contributed by atoms with Gasteiger partial charge in [0, 0.05) is 30.3 Å². The number of pyridine rings is 1. The van der Waals surface area contributed by atoms with E-state index in [2.05, 4.69) is 22.4 Å². The summed E-state index contributed by atoms with van der Waals surface area (Å²) < 4.78 is 13.9. The van der Waals surface area contributed by atoms with Crippen LogP contribution in [-0.2, 0) is 17.6 Å². The highest BCUT2D eigenvalue weighted by molar-refractivity contribution is 6.03. The molecule has 1 aliphatic carbocycles. The van der Waals surface area contributed by atoms with Crippen LogP contribution in [0.3, 0.4) is 0 Å². The van der Waals surface area contributed by atoms with Crippen LogP contribution in [0, 0.1) is 5.95 Å². The minimum atomic E-state index is -0.476. The van der Waals surface area contributed by atoms with E-state index in [1.165, 1.54) is 17.3 Å². The van der Waals surface area contributed by atoms with Crippen LogP contribution in [-0.4, -0.2) is 17.4 Å². The second kappa shape index (κ2) is 7.77. The minimum absolute atomic E-state index is 0.0110. The van der Waals surface area contributed by atoms with Crippen molar-refractivity contribution < 1.29 is 9.18 Å². The van der Waals surface area contributed by atoms with E-state index in [-0.39, 0.29) is 5.91 Å². The normalized spacial score (nSPS) is 12.8. The van der Waals surface area contributed by atoms with Gasteiger partial charge in [-0.05, 0) is 53.3 Å². The number of aromatic nitrogens is 1. The van der Waals surface area contributed by atoms with E-state index in [1.54, 1.807) is 12.1 Å². The summed E-state index contributed by atoms with van der Waals surface area (Å²) in [5, 5.41) is 3.03. The van der Waals surface area contributed by atoms with Gasteiger partial charge in [0.1, 0.15) is 0 Å². The number of hydrogen-bond donors (Lipinski definition) is 1. The molecule has 0 fully saturated rings. The Hall–Kier alpha value is -3.27. The molecule has 0 unspecified atom stereocenters. The van der Waals surface area contributed by atoms with Crippen molar-refractivity contribution in [3.63, 3.8) is 0 Å². The summed E-state index contributed by atoms with van der Waals surface area (Å²) in [6, 6.07) is 19.3. The largest absolute Gasteiger partial charge is 0.352 e. The van der Waals surface area contributed by atoms with Crippen LogP contribution in [0.1, 0.15) is 23.6 Å². The maximum absolute atomic E-state index is 13.9. The molecule has 0 atom stereocenters. The first kappa shape index (κ1) is 18.1. The zero-order valence-electron chi connectivity index (χ0n) is 15.7. The summed E-state index contributed by atoms with van der Waals surface area (Å²) in [7, 11) is 0. The van der Waals surface area contributed by atoms with E-state index in [9.17, 15) is 9.18 Å². The third-order valence-corrected chi connectivity index (χ3v) is 5.21. The van der Waals surface area contributed by atoms with E-state index in [0.717, 1.165) is 22.3 Å². The van der Waals surface area contributed by atoms with Crippen molar-refractivity contribution in [2.24, 2.45) is 0 Å². The Labute approximate surface area is 164 Å².